The minimum absolute atomic E-state index is 0.0559. The number of unbranched alkanes of at least 4 members (excludes halogenated alkanes) is 1. The Balaban J connectivity index is 2.62. The molecule has 0 spiro atoms. The van der Waals surface area contributed by atoms with Crippen LogP contribution in [0.4, 0.5) is 0 Å². The molecule has 1 aliphatic rings. The molecule has 0 bridgehead atoms. The quantitative estimate of drug-likeness (QED) is 0.700. The van der Waals surface area contributed by atoms with E-state index in [1.54, 1.807) is 0 Å². The Morgan fingerprint density at radius 1 is 1.40 bits per heavy atom. The molecular weight excluding hydrogens is 256 g/mol. The molecule has 0 saturated carbocycles. The highest BCUT2D eigenvalue weighted by molar-refractivity contribution is 5.82. The number of nitrogens with zero attached hydrogens (tertiary/aromatic N) is 1. The Morgan fingerprint density at radius 2 is 2.10 bits per heavy atom. The van der Waals surface area contributed by atoms with Crippen LogP contribution >= 0.6 is 0 Å². The van der Waals surface area contributed by atoms with Crippen LogP contribution in [0.2, 0.25) is 0 Å². The van der Waals surface area contributed by atoms with Crippen molar-refractivity contribution in [2.45, 2.75) is 65.0 Å². The van der Waals surface area contributed by atoms with Crippen molar-refractivity contribution < 1.29 is 14.7 Å². The highest BCUT2D eigenvalue weighted by Crippen LogP contribution is 2.27. The maximum atomic E-state index is 12.1. The molecule has 3 atom stereocenters. The number of rotatable bonds is 7. The minimum atomic E-state index is -0.809. The van der Waals surface area contributed by atoms with Crippen molar-refractivity contribution in [3.8, 4) is 0 Å². The zero-order chi connectivity index (χ0) is 15.1. The molecule has 1 amide bonds. The van der Waals surface area contributed by atoms with E-state index < -0.39 is 12.0 Å². The Bertz CT molecular complexity index is 333. The van der Waals surface area contributed by atoms with Gasteiger partial charge in [-0.3, -0.25) is 14.5 Å². The number of carbonyl (C=O) groups is 2. The number of hydrogen-bond donors (Lipinski definition) is 2. The first-order valence-electron chi connectivity index (χ1n) is 7.77. The Hall–Kier alpha value is -1.10. The molecule has 116 valence electrons. The fourth-order valence-electron chi connectivity index (χ4n) is 2.82. The van der Waals surface area contributed by atoms with Crippen LogP contribution in [0.15, 0.2) is 0 Å². The lowest BCUT2D eigenvalue weighted by atomic mass is 9.88. The second-order valence-electron chi connectivity index (χ2n) is 5.71. The number of carboxylic acid groups (broad SMARTS) is 1. The number of piperidine rings is 1. The van der Waals surface area contributed by atoms with E-state index in [4.69, 9.17) is 0 Å². The Kier molecular flexibility index (Phi) is 6.99. The maximum Gasteiger partial charge on any atom is 0.320 e. The number of aliphatic carboxylic acids is 1. The molecule has 5 nitrogen and oxygen atoms in total. The van der Waals surface area contributed by atoms with Crippen molar-refractivity contribution in [3.05, 3.63) is 0 Å². The standard InChI is InChI=1S/C15H28N2O3/c1-4-6-8-16-14(18)11(3)17-9-7-12(5-2)10-13(17)15(19)20/h11-13H,4-10H2,1-3H3,(H,16,18)(H,19,20). The summed E-state index contributed by atoms with van der Waals surface area (Å²) in [7, 11) is 0. The van der Waals surface area contributed by atoms with Crippen LogP contribution in [-0.2, 0) is 9.59 Å². The zero-order valence-electron chi connectivity index (χ0n) is 12.9. The van der Waals surface area contributed by atoms with E-state index in [2.05, 4.69) is 19.2 Å². The van der Waals surface area contributed by atoms with E-state index in [1.807, 2.05) is 11.8 Å². The van der Waals surface area contributed by atoms with Gasteiger partial charge in [-0.15, -0.1) is 0 Å². The summed E-state index contributed by atoms with van der Waals surface area (Å²) in [6.45, 7) is 7.34. The first-order chi connectivity index (χ1) is 9.51. The van der Waals surface area contributed by atoms with Crippen molar-refractivity contribution in [1.29, 1.82) is 0 Å². The molecule has 1 fully saturated rings. The summed E-state index contributed by atoms with van der Waals surface area (Å²) in [6, 6.07) is -0.897. The molecular formula is C15H28N2O3. The molecule has 3 unspecified atom stereocenters. The predicted molar refractivity (Wildman–Crippen MR) is 78.5 cm³/mol. The van der Waals surface area contributed by atoms with E-state index in [0.29, 0.717) is 25.4 Å². The van der Waals surface area contributed by atoms with Gasteiger partial charge in [0.05, 0.1) is 6.04 Å². The summed E-state index contributed by atoms with van der Waals surface area (Å²) in [5, 5.41) is 12.3. The molecule has 5 heteroatoms. The van der Waals surface area contributed by atoms with Crippen molar-refractivity contribution >= 4 is 11.9 Å². The highest BCUT2D eigenvalue weighted by Gasteiger charge is 2.37. The van der Waals surface area contributed by atoms with Gasteiger partial charge in [-0.25, -0.2) is 0 Å². The molecule has 0 aromatic carbocycles. The average Bonchev–Trinajstić information content (AvgIpc) is 2.45. The van der Waals surface area contributed by atoms with E-state index in [1.165, 1.54) is 0 Å². The van der Waals surface area contributed by atoms with Gasteiger partial charge in [0.25, 0.3) is 0 Å². The average molecular weight is 284 g/mol. The van der Waals surface area contributed by atoms with Gasteiger partial charge in [-0.1, -0.05) is 26.7 Å². The lowest BCUT2D eigenvalue weighted by Gasteiger charge is -2.39. The van der Waals surface area contributed by atoms with Crippen LogP contribution in [0, 0.1) is 5.92 Å². The summed E-state index contributed by atoms with van der Waals surface area (Å²) < 4.78 is 0. The predicted octanol–water partition coefficient (Wildman–Crippen LogP) is 1.87. The molecule has 0 aromatic heterocycles. The molecule has 2 N–H and O–H groups in total. The highest BCUT2D eigenvalue weighted by atomic mass is 16.4. The summed E-state index contributed by atoms with van der Waals surface area (Å²) in [5.74, 6) is -0.404. The fourth-order valence-corrected chi connectivity index (χ4v) is 2.82. The van der Waals surface area contributed by atoms with E-state index in [0.717, 1.165) is 25.7 Å². The second kappa shape index (κ2) is 8.25. The largest absolute Gasteiger partial charge is 0.480 e. The maximum absolute atomic E-state index is 12.1. The summed E-state index contributed by atoms with van der Waals surface area (Å²) >= 11 is 0. The third kappa shape index (κ3) is 4.47. The van der Waals surface area contributed by atoms with E-state index in [9.17, 15) is 14.7 Å². The first-order valence-corrected chi connectivity index (χ1v) is 7.77. The number of hydrogen-bond acceptors (Lipinski definition) is 3. The van der Waals surface area contributed by atoms with Crippen molar-refractivity contribution in [3.63, 3.8) is 0 Å². The number of carbonyl (C=O) groups excluding carboxylic acids is 1. The summed E-state index contributed by atoms with van der Waals surface area (Å²) in [6.07, 6.45) is 4.63. The van der Waals surface area contributed by atoms with Crippen LogP contribution in [-0.4, -0.2) is 47.1 Å². The molecule has 0 aliphatic carbocycles. The van der Waals surface area contributed by atoms with Gasteiger partial charge < -0.3 is 10.4 Å². The van der Waals surface area contributed by atoms with Gasteiger partial charge in [0, 0.05) is 13.1 Å². The molecule has 1 rings (SSSR count). The Morgan fingerprint density at radius 3 is 2.65 bits per heavy atom. The first kappa shape index (κ1) is 17.0. The van der Waals surface area contributed by atoms with Crippen molar-refractivity contribution in [2.75, 3.05) is 13.1 Å². The Labute approximate surface area is 121 Å². The third-order valence-corrected chi connectivity index (χ3v) is 4.32. The molecule has 1 heterocycles. The van der Waals surface area contributed by atoms with Gasteiger partial charge in [0.2, 0.25) is 5.91 Å². The molecule has 0 radical (unpaired) electrons. The molecule has 1 aliphatic heterocycles. The molecule has 20 heavy (non-hydrogen) atoms. The lowest BCUT2D eigenvalue weighted by molar-refractivity contribution is -0.148. The smallest absolute Gasteiger partial charge is 0.320 e. The fraction of sp³-hybridized carbons (Fsp3) is 0.867. The number of likely N-dealkylation sites (tertiary alicyclic amines) is 1. The van der Waals surface area contributed by atoms with Gasteiger partial charge >= 0.3 is 5.97 Å². The summed E-state index contributed by atoms with van der Waals surface area (Å²) in [5.41, 5.74) is 0. The van der Waals surface area contributed by atoms with Crippen LogP contribution in [0.3, 0.4) is 0 Å². The van der Waals surface area contributed by atoms with E-state index >= 15 is 0 Å². The van der Waals surface area contributed by atoms with Crippen LogP contribution in [0.1, 0.15) is 52.9 Å². The zero-order valence-corrected chi connectivity index (χ0v) is 12.9. The normalized spacial score (nSPS) is 25.1. The molecule has 1 saturated heterocycles. The number of amides is 1. The van der Waals surface area contributed by atoms with Gasteiger partial charge in [0.1, 0.15) is 6.04 Å². The van der Waals surface area contributed by atoms with Crippen molar-refractivity contribution in [1.82, 2.24) is 10.2 Å². The number of nitrogens with one attached hydrogen (secondary N) is 1. The van der Waals surface area contributed by atoms with Gasteiger partial charge in [-0.05, 0) is 32.1 Å². The summed E-state index contributed by atoms with van der Waals surface area (Å²) in [4.78, 5) is 25.4. The van der Waals surface area contributed by atoms with E-state index in [-0.39, 0.29) is 11.9 Å². The third-order valence-electron chi connectivity index (χ3n) is 4.32. The van der Waals surface area contributed by atoms with Gasteiger partial charge in [-0.2, -0.15) is 0 Å². The lowest BCUT2D eigenvalue weighted by Crippen LogP contribution is -2.55. The van der Waals surface area contributed by atoms with Crippen LogP contribution in [0.5, 0.6) is 0 Å². The number of carboxylic acids is 1. The second-order valence-corrected chi connectivity index (χ2v) is 5.71. The monoisotopic (exact) mass is 284 g/mol. The topological polar surface area (TPSA) is 69.6 Å². The SMILES string of the molecule is CCCCNC(=O)C(C)N1CCC(CC)CC1C(=O)O. The van der Waals surface area contributed by atoms with Crippen molar-refractivity contribution in [2.24, 2.45) is 5.92 Å². The van der Waals surface area contributed by atoms with Crippen LogP contribution in [0.25, 0.3) is 0 Å². The minimum Gasteiger partial charge on any atom is -0.480 e. The van der Waals surface area contributed by atoms with Crippen LogP contribution < -0.4 is 5.32 Å². The van der Waals surface area contributed by atoms with Gasteiger partial charge in [0.15, 0.2) is 0 Å². The molecule has 0 aromatic rings.